The quantitative estimate of drug-likeness (QED) is 0.156. The normalized spacial score (nSPS) is 16.9. The predicted octanol–water partition coefficient (Wildman–Crippen LogP) is 16.3. The van der Waals surface area contributed by atoms with E-state index in [1.165, 1.54) is 0 Å². The summed E-state index contributed by atoms with van der Waals surface area (Å²) in [7, 11) is 0. The molecule has 0 unspecified atom stereocenters. The minimum Gasteiger partial charge on any atom is -0.254 e. The predicted molar refractivity (Wildman–Crippen MR) is 260 cm³/mol. The van der Waals surface area contributed by atoms with E-state index >= 15 is 0 Å². The summed E-state index contributed by atoms with van der Waals surface area (Å²) < 4.78 is 212. The van der Waals surface area contributed by atoms with Crippen molar-refractivity contribution in [2.45, 2.75) is 0 Å². The van der Waals surface area contributed by atoms with Crippen LogP contribution >= 0.6 is 11.3 Å². The van der Waals surface area contributed by atoms with Gasteiger partial charge in [-0.15, -0.1) is 11.3 Å². The fourth-order valence-electron chi connectivity index (χ4n) is 7.82. The van der Waals surface area contributed by atoms with Gasteiger partial charge in [-0.3, -0.25) is 4.98 Å². The number of thiophene rings is 1. The molecule has 284 valence electrons. The van der Waals surface area contributed by atoms with E-state index in [1.54, 1.807) is 42.6 Å². The van der Waals surface area contributed by atoms with Crippen LogP contribution in [0.2, 0.25) is 0 Å². The second kappa shape index (κ2) is 14.5. The number of rotatable bonds is 6. The lowest BCUT2D eigenvalue weighted by Crippen LogP contribution is -1.91. The van der Waals surface area contributed by atoms with Gasteiger partial charge in [0.25, 0.3) is 0 Å². The van der Waals surface area contributed by atoms with Gasteiger partial charge in [0.15, 0.2) is 0 Å². The van der Waals surface area contributed by atoms with E-state index in [2.05, 4.69) is 4.98 Å². The summed E-state index contributed by atoms with van der Waals surface area (Å²) in [6.45, 7) is 0. The summed E-state index contributed by atoms with van der Waals surface area (Å²) in [5, 5.41) is 0.577. The maximum atomic E-state index is 10.0. The van der Waals surface area contributed by atoms with Crippen molar-refractivity contribution in [2.24, 2.45) is 0 Å². The van der Waals surface area contributed by atoms with Crippen LogP contribution in [0.25, 0.3) is 120 Å². The number of fused-ring (bicyclic) bond motifs is 7. The molecule has 61 heavy (non-hydrogen) atoms. The van der Waals surface area contributed by atoms with Gasteiger partial charge in [-0.1, -0.05) is 194 Å². The first-order chi connectivity index (χ1) is 39.8. The summed E-state index contributed by atoms with van der Waals surface area (Å²) in [5.74, 6) is 0. The fourth-order valence-corrected chi connectivity index (χ4v) is 9.10. The summed E-state index contributed by atoms with van der Waals surface area (Å²) >= 11 is 0.411. The highest BCUT2D eigenvalue weighted by atomic mass is 32.1. The molecule has 0 spiro atoms. The smallest absolute Gasteiger partial charge is 0.0972 e. The van der Waals surface area contributed by atoms with Gasteiger partial charge in [0, 0.05) is 49.0 Å². The zero-order chi connectivity index (χ0) is 60.3. The zero-order valence-corrected chi connectivity index (χ0v) is 32.1. The van der Waals surface area contributed by atoms with Crippen molar-refractivity contribution >= 4 is 65.5 Å². The summed E-state index contributed by atoms with van der Waals surface area (Å²) in [6, 6.07) is 1.96. The number of nitrogens with zero attached hydrogens (tertiary/aromatic N) is 2. The molecular weight excluding hydrogens is 757 g/mol. The van der Waals surface area contributed by atoms with E-state index in [1.807, 2.05) is 36.4 Å². The molecule has 12 aromatic rings. The molecular formula is C58H36N2S. The molecule has 0 amide bonds. The summed E-state index contributed by atoms with van der Waals surface area (Å²) in [6.07, 6.45) is 1.67. The monoisotopic (exact) mass is 815 g/mol. The van der Waals surface area contributed by atoms with Gasteiger partial charge in [-0.2, -0.15) is 0 Å². The molecule has 2 nitrogen and oxygen atoms in total. The van der Waals surface area contributed by atoms with Gasteiger partial charge in [0.2, 0.25) is 0 Å². The Morgan fingerprint density at radius 1 is 0.377 bits per heavy atom. The van der Waals surface area contributed by atoms with Crippen LogP contribution in [0.1, 0.15) is 31.5 Å². The Labute approximate surface area is 390 Å². The van der Waals surface area contributed by atoms with Crippen LogP contribution in [0.5, 0.6) is 0 Å². The topological polar surface area (TPSA) is 25.8 Å². The highest BCUT2D eigenvalue weighted by Gasteiger charge is 2.25. The lowest BCUT2D eigenvalue weighted by atomic mass is 9.88. The molecule has 0 aliphatic rings. The van der Waals surface area contributed by atoms with Crippen molar-refractivity contribution in [2.75, 3.05) is 0 Å². The average molecular weight is 816 g/mol. The molecule has 0 saturated heterocycles. The molecule has 3 aromatic heterocycles. The third-order valence-corrected chi connectivity index (χ3v) is 11.7. The van der Waals surface area contributed by atoms with Crippen molar-refractivity contribution in [1.82, 2.24) is 9.97 Å². The number of hydrogen-bond donors (Lipinski definition) is 0. The lowest BCUT2D eigenvalue weighted by Gasteiger charge is -2.15. The first kappa shape index (κ1) is 19.1. The van der Waals surface area contributed by atoms with E-state index < -0.39 is 204 Å². The molecule has 12 rings (SSSR count). The van der Waals surface area contributed by atoms with E-state index in [9.17, 15) is 15.1 Å². The van der Waals surface area contributed by atoms with Crippen LogP contribution in [-0.2, 0) is 0 Å². The molecule has 9 aromatic carbocycles. The van der Waals surface area contributed by atoms with Crippen molar-refractivity contribution in [1.29, 1.82) is 0 Å². The Bertz CT molecular complexity index is 4930. The Kier molecular flexibility index (Phi) is 4.55. The number of aromatic nitrogens is 2. The van der Waals surface area contributed by atoms with E-state index in [0.29, 0.717) is 44.4 Å². The first-order valence-electron chi connectivity index (χ1n) is 30.4. The van der Waals surface area contributed by atoms with Gasteiger partial charge >= 0.3 is 0 Å². The minimum absolute atomic E-state index is 0.216. The molecule has 0 bridgehead atoms. The van der Waals surface area contributed by atoms with Crippen LogP contribution in [0.4, 0.5) is 0 Å². The number of benzene rings is 9. The third-order valence-electron chi connectivity index (χ3n) is 10.5. The second-order valence-corrected chi connectivity index (χ2v) is 14.9. The van der Waals surface area contributed by atoms with Gasteiger partial charge in [-0.05, 0) is 78.3 Å². The standard InChI is InChI=1S/C58H36N2S/c1-3-14-38(15-4-1)54-53(57(42-16-5-2-6-17-42)61-58(54)51-36-43-18-7-8-20-44(43)46-21-10-12-24-49(46)51)39-27-25-37(26-28-39)45-32-33-50(48-23-11-9-22-47(45)48)52-34-31-41-30-29-40-19-13-35-59-55(40)56(41)60-52/h1-36H/i1D,2D,3D,4D,5D,6D,7D,8D,10D,12D,14D,15D,16D,17D,18D,20D,21D,24D,25D,26D,27D,28D,36D. The second-order valence-electron chi connectivity index (χ2n) is 13.9. The van der Waals surface area contributed by atoms with Crippen molar-refractivity contribution in [3.63, 3.8) is 0 Å². The Morgan fingerprint density at radius 2 is 0.967 bits per heavy atom. The molecule has 0 aliphatic carbocycles. The summed E-state index contributed by atoms with van der Waals surface area (Å²) in [4.78, 5) is 8.64. The molecule has 0 radical (unpaired) electrons. The van der Waals surface area contributed by atoms with Crippen LogP contribution in [-0.4, -0.2) is 9.97 Å². The molecule has 0 aliphatic heterocycles. The average Bonchev–Trinajstić information content (AvgIpc) is 1.30. The van der Waals surface area contributed by atoms with Gasteiger partial charge < -0.3 is 0 Å². The number of hydrogen-bond acceptors (Lipinski definition) is 3. The van der Waals surface area contributed by atoms with Crippen LogP contribution in [0.3, 0.4) is 0 Å². The molecule has 0 saturated carbocycles. The lowest BCUT2D eigenvalue weighted by molar-refractivity contribution is 1.37. The fraction of sp³-hybridized carbons (Fsp3) is 0. The van der Waals surface area contributed by atoms with Crippen LogP contribution in [0.15, 0.2) is 218 Å². The van der Waals surface area contributed by atoms with Crippen molar-refractivity contribution in [3.05, 3.63) is 218 Å². The van der Waals surface area contributed by atoms with E-state index in [4.69, 9.17) is 21.4 Å². The SMILES string of the molecule is [2H]c1c([2H])c([2H])c(-c2sc(-c3c([2H])c4c([2H])c([2H])c([2H])c([2H])c4c4c([2H])c([2H])c([2H])c([2H])c34)c(-c3c([2H])c([2H])c([2H])c([2H])c3[2H])c2-c2c([2H])c([2H])c(-c3ccc(-c4ccc5ccc6cccnc6c5n4)c4ccccc34)c([2H])c2[2H])c([2H])c1[2H]. The Hall–Kier alpha value is -7.72. The minimum atomic E-state index is -0.960. The molecule has 3 heteroatoms. The molecule has 0 N–H and O–H groups in total. The number of pyridine rings is 2. The summed E-state index contributed by atoms with van der Waals surface area (Å²) in [5.41, 5.74) is -1.45. The van der Waals surface area contributed by atoms with Gasteiger partial charge in [0.05, 0.1) is 48.3 Å². The maximum Gasteiger partial charge on any atom is 0.0972 e. The van der Waals surface area contributed by atoms with Crippen molar-refractivity contribution in [3.8, 4) is 65.5 Å². The Balaban J connectivity index is 1.26. The Morgan fingerprint density at radius 3 is 1.75 bits per heavy atom. The van der Waals surface area contributed by atoms with E-state index in [-0.39, 0.29) is 11.1 Å². The largest absolute Gasteiger partial charge is 0.254 e. The maximum absolute atomic E-state index is 10.0. The first-order valence-corrected chi connectivity index (χ1v) is 19.7. The van der Waals surface area contributed by atoms with E-state index in [0.717, 1.165) is 10.8 Å². The zero-order valence-electron chi connectivity index (χ0n) is 54.3. The third kappa shape index (κ3) is 5.93. The van der Waals surface area contributed by atoms with Crippen molar-refractivity contribution < 1.29 is 31.5 Å². The van der Waals surface area contributed by atoms with Gasteiger partial charge in [0.1, 0.15) is 0 Å². The molecule has 0 fully saturated rings. The van der Waals surface area contributed by atoms with Gasteiger partial charge in [-0.25, -0.2) is 4.98 Å². The highest BCUT2D eigenvalue weighted by Crippen LogP contribution is 2.54. The molecule has 0 atom stereocenters. The highest BCUT2D eigenvalue weighted by molar-refractivity contribution is 7.20. The van der Waals surface area contributed by atoms with Crippen LogP contribution < -0.4 is 0 Å². The van der Waals surface area contributed by atoms with Crippen LogP contribution in [0, 0.1) is 0 Å². The molecule has 3 heterocycles.